The third-order valence-electron chi connectivity index (χ3n) is 1.08. The van der Waals surface area contributed by atoms with E-state index < -0.39 is 19.4 Å². The van der Waals surface area contributed by atoms with Crippen LogP contribution in [-0.4, -0.2) is 45.9 Å². The van der Waals surface area contributed by atoms with Gasteiger partial charge in [-0.25, -0.2) is 4.98 Å². The molecule has 0 atom stereocenters. The molecule has 1 heterocycles. The fourth-order valence-corrected chi connectivity index (χ4v) is 0.698. The van der Waals surface area contributed by atoms with E-state index in [4.69, 9.17) is 34.1 Å². The highest BCUT2D eigenvalue weighted by atomic mass is 32.5. The lowest BCUT2D eigenvalue weighted by atomic mass is 10.5. The Balaban J connectivity index is -0.000000137. The van der Waals surface area contributed by atoms with Crippen molar-refractivity contribution in [1.29, 1.82) is 0 Å². The Morgan fingerprint density at radius 2 is 1.27 bits per heavy atom. The van der Waals surface area contributed by atoms with E-state index in [1.165, 1.54) is 12.5 Å². The van der Waals surface area contributed by atoms with Crippen molar-refractivity contribution in [3.63, 3.8) is 0 Å². The molecule has 0 bridgehead atoms. The highest BCUT2D eigenvalue weighted by molar-refractivity contribution is 8.06. The zero-order valence-corrected chi connectivity index (χ0v) is 19.0. The van der Waals surface area contributed by atoms with E-state index in [9.17, 15) is 4.39 Å². The van der Waals surface area contributed by atoms with Gasteiger partial charge in [0.1, 0.15) is 0 Å². The minimum Gasteiger partial charge on any atom is -0.464 e. The van der Waals surface area contributed by atoms with Gasteiger partial charge in [-0.2, -0.15) is 9.37 Å². The van der Waals surface area contributed by atoms with Gasteiger partial charge in [0.25, 0.3) is 0 Å². The van der Waals surface area contributed by atoms with Crippen molar-refractivity contribution in [3.05, 3.63) is 17.7 Å². The van der Waals surface area contributed by atoms with E-state index in [1.807, 2.05) is 13.8 Å². The molecule has 0 amide bonds. The second-order valence-corrected chi connectivity index (χ2v) is 8.77. The molecule has 0 spiro atoms. The summed E-state index contributed by atoms with van der Waals surface area (Å²) in [5, 5.41) is 0. The van der Waals surface area contributed by atoms with Gasteiger partial charge >= 0.3 is 19.4 Å². The van der Waals surface area contributed by atoms with Crippen LogP contribution in [0, 0.1) is 12.9 Å². The van der Waals surface area contributed by atoms with E-state index in [0.29, 0.717) is 12.3 Å². The van der Waals surface area contributed by atoms with E-state index in [-0.39, 0.29) is 6.01 Å². The lowest BCUT2D eigenvalue weighted by molar-refractivity contribution is 0.305. The van der Waals surface area contributed by atoms with Gasteiger partial charge in [0.2, 0.25) is 5.95 Å². The Morgan fingerprint density at radius 1 is 0.962 bits per heavy atom. The van der Waals surface area contributed by atoms with Gasteiger partial charge in [-0.15, -0.1) is 0 Å². The van der Waals surface area contributed by atoms with Crippen molar-refractivity contribution in [1.82, 2.24) is 9.97 Å². The zero-order chi connectivity index (χ0) is 22.0. The van der Waals surface area contributed by atoms with E-state index in [0.717, 1.165) is 0 Å². The molecule has 9 nitrogen and oxygen atoms in total. The molecular formula is C12H29FN2O7P2S2. The van der Waals surface area contributed by atoms with E-state index in [1.54, 1.807) is 13.8 Å². The minimum atomic E-state index is -3.81. The number of aryl methyl sites for hydroxylation is 1. The average molecular weight is 458 g/mol. The van der Waals surface area contributed by atoms with Crippen LogP contribution in [0.15, 0.2) is 6.07 Å². The molecule has 0 aliphatic heterocycles. The summed E-state index contributed by atoms with van der Waals surface area (Å²) >= 11 is 7.21. The lowest BCUT2D eigenvalue weighted by Crippen LogP contribution is -2.00. The maximum absolute atomic E-state index is 12.5. The second kappa shape index (κ2) is 19.6. The van der Waals surface area contributed by atoms with Crippen LogP contribution in [0.4, 0.5) is 4.39 Å². The summed E-state index contributed by atoms with van der Waals surface area (Å²) < 4.78 is 17.4. The highest BCUT2D eigenvalue weighted by Gasteiger charge is 2.00. The molecule has 6 N–H and O–H groups in total. The standard InChI is InChI=1S/C7H9FN2O.C3H8.C2H6.2H3O3PS/c1-3-11-7-9-5(2)4-6(8)10-7;1-3-2;1-2;2*1-4(2,3)5/h4H,3H2,1-2H3;3H2,1-2H3;1-2H3;2*(H3,1,2,3,5). The fraction of sp³-hybridized carbons (Fsp3) is 0.667. The van der Waals surface area contributed by atoms with Gasteiger partial charge in [0.15, 0.2) is 0 Å². The van der Waals surface area contributed by atoms with Crippen LogP contribution in [0.5, 0.6) is 6.01 Å². The largest absolute Gasteiger partial charge is 0.464 e. The summed E-state index contributed by atoms with van der Waals surface area (Å²) in [5.74, 6) is -0.555. The number of rotatable bonds is 2. The first kappa shape index (κ1) is 33.5. The first-order chi connectivity index (χ1) is 11.6. The van der Waals surface area contributed by atoms with Crippen LogP contribution < -0.4 is 4.74 Å². The summed E-state index contributed by atoms with van der Waals surface area (Å²) in [7, 11) is 0. The van der Waals surface area contributed by atoms with Crippen LogP contribution in [0.1, 0.15) is 46.7 Å². The number of hydrogen-bond acceptors (Lipinski definition) is 5. The molecule has 1 aromatic heterocycles. The first-order valence-corrected chi connectivity index (χ1v) is 12.7. The summed E-state index contributed by atoms with van der Waals surface area (Å²) in [6, 6.07) is 1.35. The number of hydrogen-bond donors (Lipinski definition) is 6. The molecule has 1 aromatic rings. The van der Waals surface area contributed by atoms with Crippen molar-refractivity contribution in [3.8, 4) is 6.01 Å². The molecule has 0 radical (unpaired) electrons. The molecule has 0 aliphatic carbocycles. The van der Waals surface area contributed by atoms with E-state index >= 15 is 0 Å². The van der Waals surface area contributed by atoms with Crippen molar-refractivity contribution in [2.45, 2.75) is 48.0 Å². The summed E-state index contributed by atoms with van der Waals surface area (Å²) in [4.78, 5) is 52.6. The number of ether oxygens (including phenoxy) is 1. The third kappa shape index (κ3) is 56.5. The number of nitrogens with zero attached hydrogens (tertiary/aromatic N) is 2. The van der Waals surface area contributed by atoms with Crippen LogP contribution >= 0.6 is 13.4 Å². The normalized spacial score (nSPS) is 9.58. The smallest absolute Gasteiger partial charge is 0.319 e. The number of aromatic nitrogens is 2. The van der Waals surface area contributed by atoms with Crippen LogP contribution in [0.25, 0.3) is 0 Å². The second-order valence-electron chi connectivity index (χ2n) is 3.78. The molecule has 0 aromatic carbocycles. The molecule has 0 unspecified atom stereocenters. The highest BCUT2D eigenvalue weighted by Crippen LogP contribution is 2.26. The van der Waals surface area contributed by atoms with Crippen LogP contribution in [0.3, 0.4) is 0 Å². The number of halogens is 1. The predicted octanol–water partition coefficient (Wildman–Crippen LogP) is 2.14. The van der Waals surface area contributed by atoms with Crippen molar-refractivity contribution < 1.29 is 38.5 Å². The van der Waals surface area contributed by atoms with Crippen molar-refractivity contribution in [2.75, 3.05) is 6.61 Å². The summed E-state index contributed by atoms with van der Waals surface area (Å²) in [6.07, 6.45) is 1.25. The Bertz CT molecular complexity index is 488. The van der Waals surface area contributed by atoms with Gasteiger partial charge < -0.3 is 34.1 Å². The molecule has 26 heavy (non-hydrogen) atoms. The maximum Gasteiger partial charge on any atom is 0.319 e. The Hall–Kier alpha value is -0.130. The van der Waals surface area contributed by atoms with Gasteiger partial charge in [0.05, 0.1) is 6.61 Å². The monoisotopic (exact) mass is 458 g/mol. The fourth-order valence-electron chi connectivity index (χ4n) is 0.698. The SMILES string of the molecule is CC.CCC.CCOc1nc(C)cc(F)n1.OP(O)(O)=S.OP(O)(O)=S. The van der Waals surface area contributed by atoms with Gasteiger partial charge in [-0.3, -0.25) is 0 Å². The van der Waals surface area contributed by atoms with Crippen molar-refractivity contribution >= 4 is 37.1 Å². The molecule has 14 heteroatoms. The summed E-state index contributed by atoms with van der Waals surface area (Å²) in [5.41, 5.74) is 0.570. The molecule has 0 fully saturated rings. The first-order valence-electron chi connectivity index (χ1n) is 7.34. The minimum absolute atomic E-state index is 0.102. The van der Waals surface area contributed by atoms with Crippen LogP contribution in [-0.2, 0) is 23.6 Å². The Morgan fingerprint density at radius 3 is 1.50 bits per heavy atom. The maximum atomic E-state index is 12.5. The van der Waals surface area contributed by atoms with Crippen LogP contribution in [0.2, 0.25) is 0 Å². The van der Waals surface area contributed by atoms with E-state index in [2.05, 4.69) is 47.4 Å². The third-order valence-corrected chi connectivity index (χ3v) is 1.08. The molecule has 0 aliphatic rings. The van der Waals surface area contributed by atoms with Gasteiger partial charge in [0, 0.05) is 11.8 Å². The summed E-state index contributed by atoms with van der Waals surface area (Å²) in [6.45, 7) is 4.57. The Labute approximate surface area is 164 Å². The topological polar surface area (TPSA) is 156 Å². The predicted molar refractivity (Wildman–Crippen MR) is 107 cm³/mol. The molecule has 1 rings (SSSR count). The molecule has 158 valence electrons. The van der Waals surface area contributed by atoms with Gasteiger partial charge in [-0.1, -0.05) is 34.1 Å². The quantitative estimate of drug-likeness (QED) is 0.285. The Kier molecular flexibility index (Phi) is 25.3. The van der Waals surface area contributed by atoms with Crippen molar-refractivity contribution in [2.24, 2.45) is 0 Å². The lowest BCUT2D eigenvalue weighted by Gasteiger charge is -2.00. The average Bonchev–Trinajstić information content (AvgIpc) is 2.37. The molecule has 0 saturated carbocycles. The molecular weight excluding hydrogens is 429 g/mol. The van der Waals surface area contributed by atoms with Gasteiger partial charge in [-0.05, 0) is 37.5 Å². The molecule has 0 saturated heterocycles. The zero-order valence-electron chi connectivity index (χ0n) is 15.6.